The van der Waals surface area contributed by atoms with Crippen LogP contribution in [0.4, 0.5) is 5.69 Å². The van der Waals surface area contributed by atoms with Crippen LogP contribution in [0.5, 0.6) is 0 Å². The molecule has 0 aliphatic heterocycles. The van der Waals surface area contributed by atoms with Crippen molar-refractivity contribution in [2.45, 2.75) is 6.54 Å². The maximum Gasteiger partial charge on any atom is 0.0648 e. The molecule has 0 unspecified atom stereocenters. The lowest BCUT2D eigenvalue weighted by Gasteiger charge is -2.10. The average molecular weight is 422 g/mol. The Kier molecular flexibility index (Phi) is 4.70. The summed E-state index contributed by atoms with van der Waals surface area (Å²) in [6.45, 7) is 0.752. The predicted molar refractivity (Wildman–Crippen MR) is 85.6 cm³/mol. The molecule has 0 spiro atoms. The molecule has 0 radical (unpaired) electrons. The number of halogens is 3. The first-order valence-electron chi connectivity index (χ1n) is 5.09. The minimum absolute atomic E-state index is 0.752. The lowest BCUT2D eigenvalue weighted by Crippen LogP contribution is -2.00. The summed E-state index contributed by atoms with van der Waals surface area (Å²) in [7, 11) is 0. The fourth-order valence-corrected chi connectivity index (χ4v) is 2.81. The van der Waals surface area contributed by atoms with Crippen LogP contribution in [0.3, 0.4) is 0 Å². The highest BCUT2D eigenvalue weighted by atomic mass is 127. The van der Waals surface area contributed by atoms with Gasteiger partial charge < -0.3 is 5.32 Å². The van der Waals surface area contributed by atoms with Crippen LogP contribution in [-0.2, 0) is 6.54 Å². The number of nitrogens with one attached hydrogen (secondary N) is 1. The van der Waals surface area contributed by atoms with E-state index in [1.54, 1.807) is 0 Å². The number of benzene rings is 2. The Morgan fingerprint density at radius 3 is 2.65 bits per heavy atom. The second-order valence-corrected chi connectivity index (χ2v) is 6.08. The van der Waals surface area contributed by atoms with Gasteiger partial charge in [-0.2, -0.15) is 0 Å². The lowest BCUT2D eigenvalue weighted by atomic mass is 10.2. The van der Waals surface area contributed by atoms with E-state index in [4.69, 9.17) is 11.6 Å². The summed E-state index contributed by atoms with van der Waals surface area (Å²) in [6, 6.07) is 14.1. The van der Waals surface area contributed by atoms with E-state index in [-0.39, 0.29) is 0 Å². The number of rotatable bonds is 3. The minimum Gasteiger partial charge on any atom is -0.380 e. The number of anilines is 1. The van der Waals surface area contributed by atoms with Gasteiger partial charge in [0, 0.05) is 14.6 Å². The van der Waals surface area contributed by atoms with E-state index in [2.05, 4.69) is 49.9 Å². The molecular formula is C13H10BrClIN. The Morgan fingerprint density at radius 1 is 1.18 bits per heavy atom. The molecule has 0 fully saturated rings. The molecule has 4 heteroatoms. The van der Waals surface area contributed by atoms with Crippen LogP contribution in [0.2, 0.25) is 5.02 Å². The normalized spacial score (nSPS) is 10.3. The lowest BCUT2D eigenvalue weighted by molar-refractivity contribution is 1.14. The van der Waals surface area contributed by atoms with Crippen LogP contribution in [0.15, 0.2) is 46.9 Å². The third kappa shape index (κ3) is 3.60. The maximum absolute atomic E-state index is 6.16. The Balaban J connectivity index is 2.10. The van der Waals surface area contributed by atoms with E-state index >= 15 is 0 Å². The van der Waals surface area contributed by atoms with Crippen molar-refractivity contribution in [3.05, 3.63) is 61.1 Å². The molecule has 0 heterocycles. The van der Waals surface area contributed by atoms with E-state index in [9.17, 15) is 0 Å². The highest BCUT2D eigenvalue weighted by Crippen LogP contribution is 2.25. The summed E-state index contributed by atoms with van der Waals surface area (Å²) in [6.07, 6.45) is 0. The van der Waals surface area contributed by atoms with Crippen LogP contribution in [-0.4, -0.2) is 0 Å². The van der Waals surface area contributed by atoms with Crippen LogP contribution in [0.25, 0.3) is 0 Å². The largest absolute Gasteiger partial charge is 0.380 e. The summed E-state index contributed by atoms with van der Waals surface area (Å²) in [4.78, 5) is 0. The Morgan fingerprint density at radius 2 is 1.94 bits per heavy atom. The van der Waals surface area contributed by atoms with E-state index in [1.807, 2.05) is 36.4 Å². The van der Waals surface area contributed by atoms with E-state index in [1.165, 1.54) is 5.56 Å². The van der Waals surface area contributed by atoms with E-state index in [0.717, 1.165) is 25.3 Å². The molecule has 0 atom stereocenters. The molecule has 0 aromatic heterocycles. The van der Waals surface area contributed by atoms with Crippen LogP contribution in [0.1, 0.15) is 5.56 Å². The van der Waals surface area contributed by atoms with Crippen LogP contribution in [0, 0.1) is 3.57 Å². The van der Waals surface area contributed by atoms with E-state index in [0.29, 0.717) is 0 Å². The predicted octanol–water partition coefficient (Wildman–Crippen LogP) is 5.32. The molecule has 1 nitrogen and oxygen atoms in total. The van der Waals surface area contributed by atoms with Gasteiger partial charge in [-0.1, -0.05) is 45.7 Å². The van der Waals surface area contributed by atoms with Gasteiger partial charge in [0.05, 0.1) is 10.7 Å². The summed E-state index contributed by atoms with van der Waals surface area (Å²) in [5.74, 6) is 0. The fourth-order valence-electron chi connectivity index (χ4n) is 1.47. The van der Waals surface area contributed by atoms with Crippen LogP contribution >= 0.6 is 50.1 Å². The highest BCUT2D eigenvalue weighted by molar-refractivity contribution is 14.1. The first-order valence-corrected chi connectivity index (χ1v) is 7.34. The first kappa shape index (κ1) is 13.2. The van der Waals surface area contributed by atoms with Gasteiger partial charge in [0.25, 0.3) is 0 Å². The second-order valence-electron chi connectivity index (χ2n) is 3.57. The Hall–Kier alpha value is -0.260. The van der Waals surface area contributed by atoms with Crippen molar-refractivity contribution in [3.63, 3.8) is 0 Å². The molecule has 0 amide bonds. The molecule has 17 heavy (non-hydrogen) atoms. The molecule has 0 saturated heterocycles. The topological polar surface area (TPSA) is 12.0 Å². The zero-order chi connectivity index (χ0) is 12.3. The van der Waals surface area contributed by atoms with Crippen molar-refractivity contribution in [1.82, 2.24) is 0 Å². The third-order valence-electron chi connectivity index (χ3n) is 2.36. The van der Waals surface area contributed by atoms with Crippen molar-refractivity contribution < 1.29 is 0 Å². The molecule has 2 aromatic carbocycles. The minimum atomic E-state index is 0.752. The smallest absolute Gasteiger partial charge is 0.0648 e. The molecule has 1 N–H and O–H groups in total. The molecule has 0 aliphatic rings. The van der Waals surface area contributed by atoms with Crippen molar-refractivity contribution in [3.8, 4) is 0 Å². The summed E-state index contributed by atoms with van der Waals surface area (Å²) in [5, 5.41) is 4.09. The average Bonchev–Trinajstić information content (AvgIpc) is 2.30. The first-order chi connectivity index (χ1) is 8.16. The maximum atomic E-state index is 6.16. The van der Waals surface area contributed by atoms with Gasteiger partial charge in [-0.25, -0.2) is 0 Å². The standard InChI is InChI=1S/C13H10BrClIN/c14-11-4-2-1-3-9(11)8-17-13-6-5-10(16)7-12(13)15/h1-7,17H,8H2. The zero-order valence-electron chi connectivity index (χ0n) is 8.88. The second kappa shape index (κ2) is 6.07. The molecule has 0 saturated carbocycles. The van der Waals surface area contributed by atoms with Gasteiger partial charge in [0.15, 0.2) is 0 Å². The summed E-state index contributed by atoms with van der Waals surface area (Å²) >= 11 is 11.9. The highest BCUT2D eigenvalue weighted by Gasteiger charge is 2.02. The van der Waals surface area contributed by atoms with Gasteiger partial charge in [0.2, 0.25) is 0 Å². The van der Waals surface area contributed by atoms with Gasteiger partial charge in [-0.3, -0.25) is 0 Å². The summed E-state index contributed by atoms with van der Waals surface area (Å²) < 4.78 is 2.24. The van der Waals surface area contributed by atoms with Crippen LogP contribution < -0.4 is 5.32 Å². The van der Waals surface area contributed by atoms with Crippen molar-refractivity contribution in [2.24, 2.45) is 0 Å². The SMILES string of the molecule is Clc1cc(I)ccc1NCc1ccccc1Br. The fraction of sp³-hybridized carbons (Fsp3) is 0.0769. The van der Waals surface area contributed by atoms with Gasteiger partial charge in [-0.15, -0.1) is 0 Å². The Bertz CT molecular complexity index is 531. The quantitative estimate of drug-likeness (QED) is 0.661. The van der Waals surface area contributed by atoms with Crippen molar-refractivity contribution in [2.75, 3.05) is 5.32 Å². The monoisotopic (exact) mass is 421 g/mol. The molecule has 0 bridgehead atoms. The molecule has 88 valence electrons. The van der Waals surface area contributed by atoms with Gasteiger partial charge in [0.1, 0.15) is 0 Å². The Labute approximate surface area is 128 Å². The number of hydrogen-bond acceptors (Lipinski definition) is 1. The molecular weight excluding hydrogens is 412 g/mol. The molecule has 2 rings (SSSR count). The summed E-state index contributed by atoms with van der Waals surface area (Å²) in [5.41, 5.74) is 2.17. The molecule has 2 aromatic rings. The van der Waals surface area contributed by atoms with Crippen molar-refractivity contribution in [1.29, 1.82) is 0 Å². The number of hydrogen-bond donors (Lipinski definition) is 1. The van der Waals surface area contributed by atoms with E-state index < -0.39 is 0 Å². The third-order valence-corrected chi connectivity index (χ3v) is 4.12. The zero-order valence-corrected chi connectivity index (χ0v) is 13.4. The van der Waals surface area contributed by atoms with Crippen molar-refractivity contribution >= 4 is 55.8 Å². The molecule has 0 aliphatic carbocycles. The van der Waals surface area contributed by atoms with Gasteiger partial charge >= 0.3 is 0 Å². The van der Waals surface area contributed by atoms with Gasteiger partial charge in [-0.05, 0) is 52.4 Å².